The molecule has 6 heteroatoms. The van der Waals surface area contributed by atoms with E-state index in [2.05, 4.69) is 9.88 Å². The van der Waals surface area contributed by atoms with Crippen LogP contribution >= 0.6 is 0 Å². The molecule has 1 aromatic heterocycles. The quantitative estimate of drug-likeness (QED) is 0.764. The number of imidazole rings is 1. The van der Waals surface area contributed by atoms with Gasteiger partial charge in [-0.25, -0.2) is 4.98 Å². The second kappa shape index (κ2) is 8.47. The fraction of sp³-hybridized carbons (Fsp3) is 0.500. The molecule has 0 aliphatic carbocycles. The maximum absolute atomic E-state index is 13.2. The van der Waals surface area contributed by atoms with Crippen molar-refractivity contribution in [1.82, 2.24) is 19.4 Å². The van der Waals surface area contributed by atoms with Crippen LogP contribution in [0.3, 0.4) is 0 Å². The van der Waals surface area contributed by atoms with Gasteiger partial charge in [0.15, 0.2) is 0 Å². The number of ether oxygens (including phenoxy) is 1. The predicted octanol–water partition coefficient (Wildman–Crippen LogP) is 2.27. The van der Waals surface area contributed by atoms with Crippen molar-refractivity contribution in [3.63, 3.8) is 0 Å². The summed E-state index contributed by atoms with van der Waals surface area (Å²) in [5.74, 6) is 0.914. The molecule has 2 heterocycles. The van der Waals surface area contributed by atoms with Gasteiger partial charge in [0.1, 0.15) is 5.82 Å². The van der Waals surface area contributed by atoms with Crippen molar-refractivity contribution in [3.05, 3.63) is 42.2 Å². The summed E-state index contributed by atoms with van der Waals surface area (Å²) in [6, 6.07) is 7.73. The van der Waals surface area contributed by atoms with Crippen molar-refractivity contribution in [2.24, 2.45) is 7.05 Å². The number of aromatic nitrogens is 2. The van der Waals surface area contributed by atoms with Gasteiger partial charge in [-0.15, -0.1) is 0 Å². The van der Waals surface area contributed by atoms with E-state index in [1.54, 1.807) is 6.20 Å². The predicted molar refractivity (Wildman–Crippen MR) is 102 cm³/mol. The second-order valence-corrected chi connectivity index (χ2v) is 7.13. The summed E-state index contributed by atoms with van der Waals surface area (Å²) in [7, 11) is 6.00. The third kappa shape index (κ3) is 4.51. The Morgan fingerprint density at radius 3 is 2.85 bits per heavy atom. The zero-order chi connectivity index (χ0) is 18.5. The van der Waals surface area contributed by atoms with Gasteiger partial charge in [0.2, 0.25) is 0 Å². The highest BCUT2D eigenvalue weighted by atomic mass is 16.5. The summed E-state index contributed by atoms with van der Waals surface area (Å²) in [5.41, 5.74) is 1.65. The minimum atomic E-state index is 0.0541. The molecular formula is C20H28N4O2. The van der Waals surface area contributed by atoms with Crippen molar-refractivity contribution in [3.8, 4) is 11.4 Å². The molecule has 0 bridgehead atoms. The molecule has 1 saturated heterocycles. The Kier molecular flexibility index (Phi) is 6.06. The first kappa shape index (κ1) is 18.6. The molecule has 1 amide bonds. The zero-order valence-electron chi connectivity index (χ0n) is 15.9. The molecule has 1 aliphatic heterocycles. The number of rotatable bonds is 7. The van der Waals surface area contributed by atoms with E-state index >= 15 is 0 Å². The topological polar surface area (TPSA) is 50.6 Å². The molecule has 0 radical (unpaired) electrons. The fourth-order valence-corrected chi connectivity index (χ4v) is 3.25. The van der Waals surface area contributed by atoms with Crippen molar-refractivity contribution in [2.75, 3.05) is 40.3 Å². The van der Waals surface area contributed by atoms with Gasteiger partial charge in [-0.05, 0) is 39.1 Å². The molecule has 1 aromatic carbocycles. The lowest BCUT2D eigenvalue weighted by molar-refractivity contribution is 0.0512. The average Bonchev–Trinajstić information content (AvgIpc) is 3.29. The Hall–Kier alpha value is -2.18. The molecule has 140 valence electrons. The fourth-order valence-electron chi connectivity index (χ4n) is 3.25. The van der Waals surface area contributed by atoms with Crippen LogP contribution in [0.2, 0.25) is 0 Å². The van der Waals surface area contributed by atoms with Crippen LogP contribution in [-0.4, -0.2) is 71.7 Å². The lowest BCUT2D eigenvalue weighted by Gasteiger charge is -2.27. The summed E-state index contributed by atoms with van der Waals surface area (Å²) in [6.07, 6.45) is 5.93. The monoisotopic (exact) mass is 356 g/mol. The lowest BCUT2D eigenvalue weighted by atomic mass is 10.1. The number of hydrogen-bond donors (Lipinski definition) is 0. The third-order valence-corrected chi connectivity index (χ3v) is 4.74. The summed E-state index contributed by atoms with van der Waals surface area (Å²) < 4.78 is 7.71. The summed E-state index contributed by atoms with van der Waals surface area (Å²) in [6.45, 7) is 2.98. The molecule has 0 N–H and O–H groups in total. The van der Waals surface area contributed by atoms with E-state index in [-0.39, 0.29) is 12.0 Å². The molecule has 6 nitrogen and oxygen atoms in total. The van der Waals surface area contributed by atoms with Crippen molar-refractivity contribution >= 4 is 5.91 Å². The molecule has 3 rings (SSSR count). The zero-order valence-corrected chi connectivity index (χ0v) is 15.9. The maximum Gasteiger partial charge on any atom is 0.254 e. The summed E-state index contributed by atoms with van der Waals surface area (Å²) in [4.78, 5) is 21.6. The van der Waals surface area contributed by atoms with Gasteiger partial charge in [0.25, 0.3) is 5.91 Å². The maximum atomic E-state index is 13.2. The first-order chi connectivity index (χ1) is 12.5. The standard InChI is InChI=1S/C20H28N4O2/c1-22(2)11-12-24(15-18-8-5-13-26-18)20(25)17-7-4-6-16(14-17)19-21-9-10-23(19)3/h4,6-7,9-10,14,18H,5,8,11-13,15H2,1-3H3/t18-/m0/s1. The Balaban J connectivity index is 1.79. The second-order valence-electron chi connectivity index (χ2n) is 7.13. The highest BCUT2D eigenvalue weighted by Crippen LogP contribution is 2.20. The van der Waals surface area contributed by atoms with E-state index in [0.717, 1.165) is 37.4 Å². The van der Waals surface area contributed by atoms with Gasteiger partial charge in [0, 0.05) is 56.8 Å². The molecular weight excluding hydrogens is 328 g/mol. The normalized spacial score (nSPS) is 17.0. The van der Waals surface area contributed by atoms with Gasteiger partial charge in [-0.1, -0.05) is 12.1 Å². The highest BCUT2D eigenvalue weighted by molar-refractivity contribution is 5.95. The number of hydrogen-bond acceptors (Lipinski definition) is 4. The Morgan fingerprint density at radius 2 is 2.19 bits per heavy atom. The van der Waals surface area contributed by atoms with Crippen LogP contribution in [0.25, 0.3) is 11.4 Å². The van der Waals surface area contributed by atoms with E-state index in [1.807, 2.05) is 61.1 Å². The number of benzene rings is 1. The van der Waals surface area contributed by atoms with Gasteiger partial charge in [0.05, 0.1) is 6.10 Å². The van der Waals surface area contributed by atoms with Crippen LogP contribution < -0.4 is 0 Å². The Morgan fingerprint density at radius 1 is 1.35 bits per heavy atom. The van der Waals surface area contributed by atoms with Crippen molar-refractivity contribution in [1.29, 1.82) is 0 Å². The van der Waals surface area contributed by atoms with E-state index < -0.39 is 0 Å². The number of aryl methyl sites for hydroxylation is 1. The van der Waals surface area contributed by atoms with E-state index in [1.165, 1.54) is 0 Å². The highest BCUT2D eigenvalue weighted by Gasteiger charge is 2.23. The molecule has 0 spiro atoms. The largest absolute Gasteiger partial charge is 0.376 e. The van der Waals surface area contributed by atoms with E-state index in [4.69, 9.17) is 4.74 Å². The van der Waals surface area contributed by atoms with Crippen molar-refractivity contribution < 1.29 is 9.53 Å². The van der Waals surface area contributed by atoms with E-state index in [0.29, 0.717) is 18.7 Å². The molecule has 1 fully saturated rings. The SMILES string of the molecule is CN(C)CCN(C[C@@H]1CCCO1)C(=O)c1cccc(-c2nccn2C)c1. The van der Waals surface area contributed by atoms with Crippen LogP contribution in [0, 0.1) is 0 Å². The number of likely N-dealkylation sites (N-methyl/N-ethyl adjacent to an activating group) is 1. The molecule has 26 heavy (non-hydrogen) atoms. The third-order valence-electron chi connectivity index (χ3n) is 4.74. The summed E-state index contributed by atoms with van der Waals surface area (Å²) in [5, 5.41) is 0. The van der Waals surface area contributed by atoms with Crippen LogP contribution in [0.4, 0.5) is 0 Å². The molecule has 0 saturated carbocycles. The smallest absolute Gasteiger partial charge is 0.254 e. The first-order valence-corrected chi connectivity index (χ1v) is 9.18. The molecule has 2 aromatic rings. The van der Waals surface area contributed by atoms with Crippen molar-refractivity contribution in [2.45, 2.75) is 18.9 Å². The lowest BCUT2D eigenvalue weighted by Crippen LogP contribution is -2.41. The van der Waals surface area contributed by atoms with Crippen LogP contribution in [0.15, 0.2) is 36.7 Å². The number of carbonyl (C=O) groups is 1. The number of carbonyl (C=O) groups excluding carboxylic acids is 1. The minimum Gasteiger partial charge on any atom is -0.376 e. The average molecular weight is 356 g/mol. The Labute approximate surface area is 155 Å². The van der Waals surface area contributed by atoms with Gasteiger partial charge < -0.3 is 19.1 Å². The first-order valence-electron chi connectivity index (χ1n) is 9.18. The number of amides is 1. The van der Waals surface area contributed by atoms with Crippen LogP contribution in [0.5, 0.6) is 0 Å². The Bertz CT molecular complexity index is 735. The van der Waals surface area contributed by atoms with Gasteiger partial charge >= 0.3 is 0 Å². The molecule has 0 unspecified atom stereocenters. The van der Waals surface area contributed by atoms with Crippen LogP contribution in [-0.2, 0) is 11.8 Å². The molecule has 1 aliphatic rings. The minimum absolute atomic E-state index is 0.0541. The van der Waals surface area contributed by atoms with E-state index in [9.17, 15) is 4.79 Å². The summed E-state index contributed by atoms with van der Waals surface area (Å²) >= 11 is 0. The molecule has 1 atom stereocenters. The van der Waals surface area contributed by atoms with Crippen LogP contribution in [0.1, 0.15) is 23.2 Å². The van der Waals surface area contributed by atoms with Gasteiger partial charge in [-0.3, -0.25) is 4.79 Å². The van der Waals surface area contributed by atoms with Gasteiger partial charge in [-0.2, -0.15) is 0 Å². The number of nitrogens with zero attached hydrogens (tertiary/aromatic N) is 4.